The summed E-state index contributed by atoms with van der Waals surface area (Å²) in [6, 6.07) is 0. The molecule has 0 saturated carbocycles. The monoisotopic (exact) mass is 246 g/mol. The van der Waals surface area contributed by atoms with Gasteiger partial charge in [0.1, 0.15) is 30.5 Å². The van der Waals surface area contributed by atoms with Crippen molar-refractivity contribution in [1.29, 1.82) is 0 Å². The van der Waals surface area contributed by atoms with Crippen molar-refractivity contribution in [2.24, 2.45) is 0 Å². The predicted octanol–water partition coefficient (Wildman–Crippen LogP) is -0.363. The average Bonchev–Trinajstić information content (AvgIpc) is 2.79. The van der Waals surface area contributed by atoms with E-state index in [1.54, 1.807) is 7.11 Å². The van der Waals surface area contributed by atoms with Crippen molar-refractivity contribution in [2.45, 2.75) is 56.4 Å². The summed E-state index contributed by atoms with van der Waals surface area (Å²) in [4.78, 5) is 0. The zero-order chi connectivity index (χ0) is 12.2. The molecule has 3 heterocycles. The number of fused-ring (bicyclic) bond motifs is 4. The van der Waals surface area contributed by atoms with Crippen molar-refractivity contribution in [3.63, 3.8) is 0 Å². The standard InChI is InChI=1S/C11H18O6/c1-11(2)16-7-6-5(4-12)14-10(15-6)9(13-3)8(7)17-11/h5-10,12H,4H2,1-3H3/t5-,6+,7-,8-,9+,10+/m0/s1. The number of aliphatic hydroxyl groups excluding tert-OH is 1. The molecule has 17 heavy (non-hydrogen) atoms. The van der Waals surface area contributed by atoms with Gasteiger partial charge in [-0.3, -0.25) is 0 Å². The Bertz CT molecular complexity index is 306. The third-order valence-electron chi connectivity index (χ3n) is 3.50. The van der Waals surface area contributed by atoms with Crippen molar-refractivity contribution < 1.29 is 28.8 Å². The van der Waals surface area contributed by atoms with Gasteiger partial charge in [0, 0.05) is 7.11 Å². The second-order valence-electron chi connectivity index (χ2n) is 5.09. The number of methoxy groups -OCH3 is 1. The Morgan fingerprint density at radius 3 is 2.47 bits per heavy atom. The lowest BCUT2D eigenvalue weighted by atomic mass is 9.98. The van der Waals surface area contributed by atoms with Crippen LogP contribution in [-0.4, -0.2) is 61.4 Å². The van der Waals surface area contributed by atoms with E-state index in [4.69, 9.17) is 23.7 Å². The largest absolute Gasteiger partial charge is 0.394 e. The van der Waals surface area contributed by atoms with E-state index in [0.29, 0.717) is 0 Å². The van der Waals surface area contributed by atoms with Crippen LogP contribution in [0.3, 0.4) is 0 Å². The highest BCUT2D eigenvalue weighted by molar-refractivity contribution is 5.03. The minimum absolute atomic E-state index is 0.0926. The highest BCUT2D eigenvalue weighted by Crippen LogP contribution is 2.43. The number of aliphatic hydroxyl groups is 1. The van der Waals surface area contributed by atoms with E-state index in [2.05, 4.69) is 0 Å². The van der Waals surface area contributed by atoms with E-state index in [1.807, 2.05) is 13.8 Å². The SMILES string of the molecule is CO[C@H]1[C@H]2O[C@@H]([C@@H]3OC(C)(C)O[C@@H]31)[C@H](CO)O2. The molecule has 0 aromatic heterocycles. The molecule has 0 radical (unpaired) electrons. The minimum atomic E-state index is -0.653. The van der Waals surface area contributed by atoms with Gasteiger partial charge in [-0.15, -0.1) is 0 Å². The van der Waals surface area contributed by atoms with Gasteiger partial charge in [0.05, 0.1) is 6.61 Å². The van der Waals surface area contributed by atoms with Crippen molar-refractivity contribution in [3.05, 3.63) is 0 Å². The van der Waals surface area contributed by atoms with Gasteiger partial charge in [-0.1, -0.05) is 0 Å². The molecule has 6 atom stereocenters. The molecule has 1 N–H and O–H groups in total. The Labute approximate surface area is 99.7 Å². The zero-order valence-corrected chi connectivity index (χ0v) is 10.2. The minimum Gasteiger partial charge on any atom is -0.394 e. The van der Waals surface area contributed by atoms with Crippen LogP contribution in [-0.2, 0) is 23.7 Å². The molecule has 0 aromatic carbocycles. The molecule has 0 unspecified atom stereocenters. The van der Waals surface area contributed by atoms with Gasteiger partial charge in [-0.25, -0.2) is 0 Å². The van der Waals surface area contributed by atoms with E-state index in [9.17, 15) is 5.11 Å². The lowest BCUT2D eigenvalue weighted by Gasteiger charge is -2.34. The van der Waals surface area contributed by atoms with Gasteiger partial charge >= 0.3 is 0 Å². The van der Waals surface area contributed by atoms with Gasteiger partial charge < -0.3 is 28.8 Å². The fraction of sp³-hybridized carbons (Fsp3) is 1.00. The normalized spacial score (nSPS) is 51.5. The summed E-state index contributed by atoms with van der Waals surface area (Å²) < 4.78 is 28.3. The molecule has 3 aliphatic heterocycles. The van der Waals surface area contributed by atoms with Crippen molar-refractivity contribution >= 4 is 0 Å². The van der Waals surface area contributed by atoms with Gasteiger partial charge in [0.25, 0.3) is 0 Å². The van der Waals surface area contributed by atoms with Gasteiger partial charge in [-0.05, 0) is 13.8 Å². The quantitative estimate of drug-likeness (QED) is 0.717. The summed E-state index contributed by atoms with van der Waals surface area (Å²) in [6.07, 6.45) is -1.94. The van der Waals surface area contributed by atoms with Crippen LogP contribution in [0, 0.1) is 0 Å². The van der Waals surface area contributed by atoms with E-state index in [0.717, 1.165) is 0 Å². The summed E-state index contributed by atoms with van der Waals surface area (Å²) in [5.41, 5.74) is 0. The summed E-state index contributed by atoms with van der Waals surface area (Å²) >= 11 is 0. The molecule has 0 spiro atoms. The van der Waals surface area contributed by atoms with Crippen LogP contribution in [0.5, 0.6) is 0 Å². The molecule has 2 bridgehead atoms. The van der Waals surface area contributed by atoms with Crippen molar-refractivity contribution in [1.82, 2.24) is 0 Å². The first-order valence-corrected chi connectivity index (χ1v) is 5.86. The van der Waals surface area contributed by atoms with Gasteiger partial charge in [0.15, 0.2) is 12.1 Å². The summed E-state index contributed by atoms with van der Waals surface area (Å²) in [6.45, 7) is 3.63. The first-order valence-electron chi connectivity index (χ1n) is 5.86. The first-order chi connectivity index (χ1) is 8.05. The van der Waals surface area contributed by atoms with Crippen LogP contribution in [0.2, 0.25) is 0 Å². The van der Waals surface area contributed by atoms with E-state index < -0.39 is 12.1 Å². The molecule has 0 aliphatic carbocycles. The molecular formula is C11H18O6. The number of rotatable bonds is 2. The highest BCUT2D eigenvalue weighted by atomic mass is 16.8. The molecule has 3 saturated heterocycles. The molecular weight excluding hydrogens is 228 g/mol. The second-order valence-corrected chi connectivity index (χ2v) is 5.09. The lowest BCUT2D eigenvalue weighted by Crippen LogP contribution is -2.53. The van der Waals surface area contributed by atoms with Crippen LogP contribution in [0.15, 0.2) is 0 Å². The topological polar surface area (TPSA) is 66.4 Å². The number of hydrogen-bond acceptors (Lipinski definition) is 6. The highest BCUT2D eigenvalue weighted by Gasteiger charge is 2.61. The van der Waals surface area contributed by atoms with Crippen LogP contribution in [0.1, 0.15) is 13.8 Å². The molecule has 3 rings (SSSR count). The van der Waals surface area contributed by atoms with Crippen molar-refractivity contribution in [3.8, 4) is 0 Å². The van der Waals surface area contributed by atoms with Crippen molar-refractivity contribution in [2.75, 3.05) is 13.7 Å². The Kier molecular flexibility index (Phi) is 2.70. The Morgan fingerprint density at radius 2 is 1.82 bits per heavy atom. The van der Waals surface area contributed by atoms with E-state index in [-0.39, 0.29) is 37.1 Å². The van der Waals surface area contributed by atoms with Gasteiger partial charge in [0.2, 0.25) is 0 Å². The fourth-order valence-corrected chi connectivity index (χ4v) is 2.84. The van der Waals surface area contributed by atoms with Crippen LogP contribution < -0.4 is 0 Å². The smallest absolute Gasteiger partial charge is 0.187 e. The second kappa shape index (κ2) is 3.88. The van der Waals surface area contributed by atoms with Crippen LogP contribution in [0.25, 0.3) is 0 Å². The number of ether oxygens (including phenoxy) is 5. The predicted molar refractivity (Wildman–Crippen MR) is 55.2 cm³/mol. The van der Waals surface area contributed by atoms with Crippen LogP contribution >= 0.6 is 0 Å². The summed E-state index contributed by atoms with van der Waals surface area (Å²) in [5.74, 6) is -0.653. The molecule has 3 fully saturated rings. The Morgan fingerprint density at radius 1 is 1.12 bits per heavy atom. The molecule has 0 amide bonds. The third-order valence-corrected chi connectivity index (χ3v) is 3.50. The molecule has 98 valence electrons. The molecule has 3 aliphatic rings. The number of hydrogen-bond donors (Lipinski definition) is 1. The maximum atomic E-state index is 9.28. The average molecular weight is 246 g/mol. The fourth-order valence-electron chi connectivity index (χ4n) is 2.84. The third kappa shape index (κ3) is 1.71. The molecule has 6 heteroatoms. The van der Waals surface area contributed by atoms with Gasteiger partial charge in [-0.2, -0.15) is 0 Å². The summed E-state index contributed by atoms with van der Waals surface area (Å²) in [5, 5.41) is 9.28. The maximum absolute atomic E-state index is 9.28. The van der Waals surface area contributed by atoms with E-state index in [1.165, 1.54) is 0 Å². The van der Waals surface area contributed by atoms with Crippen LogP contribution in [0.4, 0.5) is 0 Å². The summed E-state index contributed by atoms with van der Waals surface area (Å²) in [7, 11) is 1.59. The zero-order valence-electron chi connectivity index (χ0n) is 10.2. The lowest BCUT2D eigenvalue weighted by molar-refractivity contribution is -0.215. The Balaban J connectivity index is 1.89. The first kappa shape index (κ1) is 11.8. The molecule has 6 nitrogen and oxygen atoms in total. The Hall–Kier alpha value is -0.240. The molecule has 0 aromatic rings. The van der Waals surface area contributed by atoms with E-state index >= 15 is 0 Å². The maximum Gasteiger partial charge on any atom is 0.187 e.